The number of hydrogen-bond donors (Lipinski definition) is 1. The highest BCUT2D eigenvalue weighted by Gasteiger charge is 2.34. The van der Waals surface area contributed by atoms with Gasteiger partial charge in [0.05, 0.1) is 11.3 Å². The van der Waals surface area contributed by atoms with E-state index in [1.165, 1.54) is 16.8 Å². The van der Waals surface area contributed by atoms with Gasteiger partial charge in [-0.3, -0.25) is 14.5 Å². The average Bonchev–Trinajstić information content (AvgIpc) is 3.32. The van der Waals surface area contributed by atoms with Gasteiger partial charge in [0.2, 0.25) is 0 Å². The number of aryl methyl sites for hydroxylation is 2. The minimum atomic E-state index is -4.59. The fourth-order valence-corrected chi connectivity index (χ4v) is 3.35. The summed E-state index contributed by atoms with van der Waals surface area (Å²) in [5, 5.41) is 6.87. The number of nitrogens with one attached hydrogen (secondary N) is 1. The largest absolute Gasteiger partial charge is 0.417 e. The fraction of sp³-hybridized carbons (Fsp3) is 0.182. The number of carbonyl (C=O) groups is 1. The van der Waals surface area contributed by atoms with Crippen LogP contribution in [-0.2, 0) is 20.3 Å². The molecule has 7 nitrogen and oxygen atoms in total. The predicted molar refractivity (Wildman–Crippen MR) is 113 cm³/mol. The SMILES string of the molecule is Cc1nc(-c2ccncc2)c(NC(=O)c2ccc(C(F)(F)F)c(-c3ccn(C)n3)c2)n1C. The van der Waals surface area contributed by atoms with Gasteiger partial charge in [-0.2, -0.15) is 18.3 Å². The molecule has 1 amide bonds. The van der Waals surface area contributed by atoms with E-state index in [0.717, 1.165) is 17.7 Å². The van der Waals surface area contributed by atoms with Crippen molar-refractivity contribution in [1.29, 1.82) is 0 Å². The Morgan fingerprint density at radius 1 is 1.06 bits per heavy atom. The van der Waals surface area contributed by atoms with Crippen LogP contribution in [0.4, 0.5) is 19.0 Å². The monoisotopic (exact) mass is 440 g/mol. The first-order valence-electron chi connectivity index (χ1n) is 9.61. The highest BCUT2D eigenvalue weighted by molar-refractivity contribution is 6.06. The van der Waals surface area contributed by atoms with Crippen LogP contribution in [0.5, 0.6) is 0 Å². The molecule has 0 aliphatic rings. The summed E-state index contributed by atoms with van der Waals surface area (Å²) in [7, 11) is 3.35. The molecular formula is C22H19F3N6O. The second-order valence-electron chi connectivity index (χ2n) is 7.24. The third-order valence-corrected chi connectivity index (χ3v) is 5.08. The molecule has 1 N–H and O–H groups in total. The van der Waals surface area contributed by atoms with E-state index >= 15 is 0 Å². The number of imidazole rings is 1. The Kier molecular flexibility index (Phi) is 5.29. The van der Waals surface area contributed by atoms with E-state index in [1.807, 2.05) is 0 Å². The summed E-state index contributed by atoms with van der Waals surface area (Å²) in [5.41, 5.74) is 0.461. The third-order valence-electron chi connectivity index (χ3n) is 5.08. The van der Waals surface area contributed by atoms with Crippen LogP contribution in [-0.4, -0.2) is 30.2 Å². The van der Waals surface area contributed by atoms with Crippen LogP contribution >= 0.6 is 0 Å². The van der Waals surface area contributed by atoms with Crippen molar-refractivity contribution in [3.63, 3.8) is 0 Å². The molecule has 164 valence electrons. The molecule has 32 heavy (non-hydrogen) atoms. The molecule has 0 aliphatic heterocycles. The molecule has 0 saturated carbocycles. The number of anilines is 1. The van der Waals surface area contributed by atoms with E-state index in [4.69, 9.17) is 0 Å². The summed E-state index contributed by atoms with van der Waals surface area (Å²) in [6.07, 6.45) is 0.178. The van der Waals surface area contributed by atoms with Gasteiger partial charge in [0, 0.05) is 49.4 Å². The van der Waals surface area contributed by atoms with Crippen molar-refractivity contribution in [2.45, 2.75) is 13.1 Å². The van der Waals surface area contributed by atoms with Crippen molar-refractivity contribution in [3.8, 4) is 22.5 Å². The maximum absolute atomic E-state index is 13.6. The van der Waals surface area contributed by atoms with Crippen LogP contribution in [0.1, 0.15) is 21.7 Å². The number of carbonyl (C=O) groups excluding carboxylic acids is 1. The van der Waals surface area contributed by atoms with Gasteiger partial charge in [0.25, 0.3) is 5.91 Å². The van der Waals surface area contributed by atoms with E-state index < -0.39 is 17.6 Å². The van der Waals surface area contributed by atoms with Crippen LogP contribution in [0.3, 0.4) is 0 Å². The maximum atomic E-state index is 13.6. The van der Waals surface area contributed by atoms with Crippen LogP contribution in [0, 0.1) is 6.92 Å². The van der Waals surface area contributed by atoms with Crippen molar-refractivity contribution >= 4 is 11.7 Å². The lowest BCUT2D eigenvalue weighted by Gasteiger charge is -2.14. The average molecular weight is 440 g/mol. The number of rotatable bonds is 4. The molecule has 0 aliphatic carbocycles. The standard InChI is InChI=1S/C22H19F3N6O/c1-13-27-19(14-6-9-26-10-7-14)20(31(13)3)28-21(32)15-4-5-17(22(23,24)25)16(12-15)18-8-11-30(2)29-18/h4-12H,1-3H3,(H,28,32). The van der Waals surface area contributed by atoms with Gasteiger partial charge < -0.3 is 9.88 Å². The summed E-state index contributed by atoms with van der Waals surface area (Å²) in [5.74, 6) is 0.529. The molecule has 0 radical (unpaired) electrons. The number of pyridine rings is 1. The molecule has 4 aromatic rings. The third kappa shape index (κ3) is 3.98. The number of benzene rings is 1. The van der Waals surface area contributed by atoms with Crippen LogP contribution in [0.25, 0.3) is 22.5 Å². The van der Waals surface area contributed by atoms with Gasteiger partial charge in [0.15, 0.2) is 0 Å². The summed E-state index contributed by atoms with van der Waals surface area (Å²) in [6, 6.07) is 8.24. The van der Waals surface area contributed by atoms with Gasteiger partial charge >= 0.3 is 6.18 Å². The number of aromatic nitrogens is 5. The minimum absolute atomic E-state index is 0.0678. The maximum Gasteiger partial charge on any atom is 0.417 e. The Morgan fingerprint density at radius 2 is 1.78 bits per heavy atom. The van der Waals surface area contributed by atoms with Crippen LogP contribution in [0.15, 0.2) is 55.0 Å². The Labute approximate surface area is 181 Å². The highest BCUT2D eigenvalue weighted by Crippen LogP contribution is 2.37. The molecule has 0 bridgehead atoms. The number of alkyl halides is 3. The number of hydrogen-bond acceptors (Lipinski definition) is 4. The molecule has 0 spiro atoms. The van der Waals surface area contributed by atoms with E-state index in [9.17, 15) is 18.0 Å². The molecule has 10 heteroatoms. The fourth-order valence-electron chi connectivity index (χ4n) is 3.35. The van der Waals surface area contributed by atoms with Crippen molar-refractivity contribution in [2.75, 3.05) is 5.32 Å². The van der Waals surface area contributed by atoms with E-state index in [0.29, 0.717) is 17.3 Å². The lowest BCUT2D eigenvalue weighted by Crippen LogP contribution is -2.16. The molecule has 4 rings (SSSR count). The molecule has 1 aromatic carbocycles. The Balaban J connectivity index is 1.74. The Hall–Kier alpha value is -3.95. The molecule has 0 fully saturated rings. The van der Waals surface area contributed by atoms with Crippen molar-refractivity contribution in [1.82, 2.24) is 24.3 Å². The van der Waals surface area contributed by atoms with Gasteiger partial charge in [-0.1, -0.05) is 0 Å². The highest BCUT2D eigenvalue weighted by atomic mass is 19.4. The molecule has 0 atom stereocenters. The lowest BCUT2D eigenvalue weighted by molar-refractivity contribution is -0.137. The first kappa shape index (κ1) is 21.3. The van der Waals surface area contributed by atoms with Crippen molar-refractivity contribution < 1.29 is 18.0 Å². The first-order valence-corrected chi connectivity index (χ1v) is 9.61. The summed E-state index contributed by atoms with van der Waals surface area (Å²) in [4.78, 5) is 21.5. The summed E-state index contributed by atoms with van der Waals surface area (Å²) >= 11 is 0. The van der Waals surface area contributed by atoms with Gasteiger partial charge in [0.1, 0.15) is 17.3 Å². The van der Waals surface area contributed by atoms with Gasteiger partial charge in [-0.15, -0.1) is 0 Å². The Bertz CT molecular complexity index is 1290. The second kappa shape index (κ2) is 7.95. The normalized spacial score (nSPS) is 11.6. The van der Waals surface area contributed by atoms with Crippen molar-refractivity contribution in [2.24, 2.45) is 14.1 Å². The molecule has 3 heterocycles. The number of amides is 1. The number of halogens is 3. The first-order chi connectivity index (χ1) is 15.1. The number of nitrogens with zero attached hydrogens (tertiary/aromatic N) is 5. The second-order valence-corrected chi connectivity index (χ2v) is 7.24. The predicted octanol–water partition coefficient (Wildman–Crippen LogP) is 4.46. The summed E-state index contributed by atoms with van der Waals surface area (Å²) in [6.45, 7) is 1.79. The molecule has 0 unspecified atom stereocenters. The molecule has 3 aromatic heterocycles. The smallest absolute Gasteiger partial charge is 0.318 e. The van der Waals surface area contributed by atoms with E-state index in [2.05, 4.69) is 20.4 Å². The van der Waals surface area contributed by atoms with Gasteiger partial charge in [-0.05, 0) is 43.3 Å². The zero-order chi connectivity index (χ0) is 23.0. The van der Waals surface area contributed by atoms with Gasteiger partial charge in [-0.25, -0.2) is 4.98 Å². The summed E-state index contributed by atoms with van der Waals surface area (Å²) < 4.78 is 43.8. The lowest BCUT2D eigenvalue weighted by atomic mass is 10.0. The van der Waals surface area contributed by atoms with Crippen LogP contribution in [0.2, 0.25) is 0 Å². The van der Waals surface area contributed by atoms with E-state index in [1.54, 1.807) is 56.3 Å². The Morgan fingerprint density at radius 3 is 2.41 bits per heavy atom. The molecule has 0 saturated heterocycles. The van der Waals surface area contributed by atoms with Crippen LogP contribution < -0.4 is 5.32 Å². The van der Waals surface area contributed by atoms with E-state index in [-0.39, 0.29) is 16.8 Å². The van der Waals surface area contributed by atoms with Crippen molar-refractivity contribution in [3.05, 3.63) is 71.9 Å². The quantitative estimate of drug-likeness (QED) is 0.508. The molecular weight excluding hydrogens is 421 g/mol. The topological polar surface area (TPSA) is 77.6 Å². The minimum Gasteiger partial charge on any atom is -0.318 e. The zero-order valence-electron chi connectivity index (χ0n) is 17.5. The zero-order valence-corrected chi connectivity index (χ0v) is 17.5.